The number of ether oxygens (including phenoxy) is 1. The predicted octanol–water partition coefficient (Wildman–Crippen LogP) is 4.85. The summed E-state index contributed by atoms with van der Waals surface area (Å²) in [5, 5.41) is 14.9. The van der Waals surface area contributed by atoms with Gasteiger partial charge in [-0.1, -0.05) is 41.4 Å². The van der Waals surface area contributed by atoms with Crippen LogP contribution < -0.4 is 14.8 Å². The molecule has 0 spiro atoms. The fraction of sp³-hybridized carbons (Fsp3) is 0.308. The molecular formula is C26H29ClN2O4S. The topological polar surface area (TPSA) is 87.7 Å². The van der Waals surface area contributed by atoms with E-state index in [1.807, 2.05) is 45.0 Å². The minimum Gasteiger partial charge on any atom is -0.485 e. The molecule has 34 heavy (non-hydrogen) atoms. The number of anilines is 1. The fourth-order valence-electron chi connectivity index (χ4n) is 4.04. The van der Waals surface area contributed by atoms with Crippen molar-refractivity contribution < 1.29 is 18.3 Å². The van der Waals surface area contributed by atoms with Gasteiger partial charge < -0.3 is 15.2 Å². The highest BCUT2D eigenvalue weighted by Crippen LogP contribution is 2.40. The molecule has 2 unspecified atom stereocenters. The summed E-state index contributed by atoms with van der Waals surface area (Å²) < 4.78 is 33.8. The molecule has 0 bridgehead atoms. The quantitative estimate of drug-likeness (QED) is 0.431. The number of aliphatic hydroxyl groups is 1. The molecule has 1 aliphatic heterocycles. The van der Waals surface area contributed by atoms with E-state index in [4.69, 9.17) is 16.3 Å². The van der Waals surface area contributed by atoms with E-state index in [0.29, 0.717) is 29.4 Å². The van der Waals surface area contributed by atoms with E-state index in [1.165, 1.54) is 0 Å². The van der Waals surface area contributed by atoms with Crippen molar-refractivity contribution in [2.75, 3.05) is 11.3 Å². The van der Waals surface area contributed by atoms with E-state index in [-0.39, 0.29) is 10.9 Å². The van der Waals surface area contributed by atoms with Crippen molar-refractivity contribution in [2.45, 2.75) is 49.8 Å². The lowest BCUT2D eigenvalue weighted by molar-refractivity contribution is -0.0643. The summed E-state index contributed by atoms with van der Waals surface area (Å²) in [5.41, 5.74) is 2.63. The second-order valence-electron chi connectivity index (χ2n) is 9.13. The van der Waals surface area contributed by atoms with E-state index >= 15 is 0 Å². The molecule has 3 N–H and O–H groups in total. The van der Waals surface area contributed by atoms with Gasteiger partial charge in [0.25, 0.3) is 10.0 Å². The highest BCUT2D eigenvalue weighted by Gasteiger charge is 2.42. The van der Waals surface area contributed by atoms with Crippen molar-refractivity contribution in [1.29, 1.82) is 0 Å². The standard InChI is InChI=1S/C26H29ClN2O4S/c1-17-4-11-21(12-5-17)34(31,32)29-20-9-6-18(7-10-20)14-15-28-24-22-16-19(27)8-13-23(22)33-26(2,3)25(24)30/h4-13,16,24-25,28-30H,14-15H2,1-3H3. The summed E-state index contributed by atoms with van der Waals surface area (Å²) in [6, 6.07) is 19.1. The average Bonchev–Trinajstić information content (AvgIpc) is 2.78. The summed E-state index contributed by atoms with van der Waals surface area (Å²) >= 11 is 6.18. The Bertz CT molecular complexity index is 1260. The van der Waals surface area contributed by atoms with Crippen LogP contribution in [0.3, 0.4) is 0 Å². The van der Waals surface area contributed by atoms with Crippen molar-refractivity contribution in [2.24, 2.45) is 0 Å². The Morgan fingerprint density at radius 2 is 1.71 bits per heavy atom. The van der Waals surface area contributed by atoms with Gasteiger partial charge in [-0.25, -0.2) is 8.42 Å². The van der Waals surface area contributed by atoms with Crippen molar-refractivity contribution >= 4 is 27.3 Å². The van der Waals surface area contributed by atoms with E-state index in [2.05, 4.69) is 10.0 Å². The van der Waals surface area contributed by atoms with E-state index in [9.17, 15) is 13.5 Å². The van der Waals surface area contributed by atoms with Gasteiger partial charge in [-0.05, 0) is 81.8 Å². The van der Waals surface area contributed by atoms with Crippen molar-refractivity contribution in [3.8, 4) is 5.75 Å². The first-order chi connectivity index (χ1) is 16.0. The lowest BCUT2D eigenvalue weighted by Gasteiger charge is -2.42. The lowest BCUT2D eigenvalue weighted by atomic mass is 9.86. The van der Waals surface area contributed by atoms with Crippen molar-refractivity contribution in [1.82, 2.24) is 5.32 Å². The molecule has 2 atom stereocenters. The molecule has 0 aliphatic carbocycles. The highest BCUT2D eigenvalue weighted by molar-refractivity contribution is 7.92. The number of sulfonamides is 1. The van der Waals surface area contributed by atoms with Gasteiger partial charge >= 0.3 is 0 Å². The van der Waals surface area contributed by atoms with E-state index < -0.39 is 21.7 Å². The van der Waals surface area contributed by atoms with Crippen LogP contribution in [0, 0.1) is 6.92 Å². The maximum atomic E-state index is 12.6. The molecule has 1 heterocycles. The Kier molecular flexibility index (Phi) is 6.92. The van der Waals surface area contributed by atoms with Crippen LogP contribution in [0.4, 0.5) is 5.69 Å². The van der Waals surface area contributed by atoms with Gasteiger partial charge in [-0.3, -0.25) is 4.72 Å². The molecule has 0 saturated carbocycles. The maximum Gasteiger partial charge on any atom is 0.261 e. The first-order valence-corrected chi connectivity index (χ1v) is 13.0. The van der Waals surface area contributed by atoms with Gasteiger partial charge in [-0.2, -0.15) is 0 Å². The molecule has 0 saturated heterocycles. The molecule has 3 aromatic carbocycles. The van der Waals surface area contributed by atoms with Gasteiger partial charge in [0, 0.05) is 16.3 Å². The number of hydrogen-bond donors (Lipinski definition) is 3. The number of aliphatic hydroxyl groups excluding tert-OH is 1. The third-order valence-corrected chi connectivity index (χ3v) is 7.66. The SMILES string of the molecule is Cc1ccc(S(=O)(=O)Nc2ccc(CCNC3c4cc(Cl)ccc4OC(C)(C)C3O)cc2)cc1. The van der Waals surface area contributed by atoms with Crippen molar-refractivity contribution in [3.63, 3.8) is 0 Å². The maximum absolute atomic E-state index is 12.6. The van der Waals surface area contributed by atoms with Crippen LogP contribution >= 0.6 is 11.6 Å². The minimum absolute atomic E-state index is 0.227. The summed E-state index contributed by atoms with van der Waals surface area (Å²) in [5.74, 6) is 0.711. The molecule has 8 heteroatoms. The number of hydrogen-bond acceptors (Lipinski definition) is 5. The molecule has 180 valence electrons. The van der Waals surface area contributed by atoms with Crippen molar-refractivity contribution in [3.05, 3.63) is 88.4 Å². The van der Waals surface area contributed by atoms with Gasteiger partial charge in [0.05, 0.1) is 10.9 Å². The molecule has 0 amide bonds. The Hall–Kier alpha value is -2.58. The summed E-state index contributed by atoms with van der Waals surface area (Å²) in [7, 11) is -3.64. The zero-order valence-electron chi connectivity index (χ0n) is 19.4. The molecule has 6 nitrogen and oxygen atoms in total. The average molecular weight is 501 g/mol. The molecular weight excluding hydrogens is 472 g/mol. The smallest absolute Gasteiger partial charge is 0.261 e. The van der Waals surface area contributed by atoms with E-state index in [0.717, 1.165) is 16.7 Å². The first kappa shape index (κ1) is 24.5. The third-order valence-electron chi connectivity index (χ3n) is 6.02. The zero-order chi connectivity index (χ0) is 24.5. The number of rotatable bonds is 7. The third kappa shape index (κ3) is 5.39. The zero-order valence-corrected chi connectivity index (χ0v) is 21.0. The number of fused-ring (bicyclic) bond motifs is 1. The predicted molar refractivity (Wildman–Crippen MR) is 135 cm³/mol. The Balaban J connectivity index is 1.39. The molecule has 0 fully saturated rings. The van der Waals surface area contributed by atoms with Crippen LogP contribution in [0.25, 0.3) is 0 Å². The van der Waals surface area contributed by atoms with Crippen LogP contribution in [-0.4, -0.2) is 31.8 Å². The first-order valence-electron chi connectivity index (χ1n) is 11.1. The Morgan fingerprint density at radius 3 is 2.38 bits per heavy atom. The number of halogens is 1. The van der Waals surface area contributed by atoms with Crippen LogP contribution in [0.15, 0.2) is 71.6 Å². The summed E-state index contributed by atoms with van der Waals surface area (Å²) in [6.45, 7) is 6.24. The normalized spacial score (nSPS) is 19.2. The lowest BCUT2D eigenvalue weighted by Crippen LogP contribution is -2.52. The van der Waals surface area contributed by atoms with Crippen LogP contribution in [-0.2, 0) is 16.4 Å². The largest absolute Gasteiger partial charge is 0.485 e. The van der Waals surface area contributed by atoms with E-state index in [1.54, 1.807) is 42.5 Å². The van der Waals surface area contributed by atoms with Gasteiger partial charge in [0.1, 0.15) is 17.5 Å². The number of benzene rings is 3. The second kappa shape index (κ2) is 9.58. The summed E-state index contributed by atoms with van der Waals surface area (Å²) in [4.78, 5) is 0.227. The highest BCUT2D eigenvalue weighted by atomic mass is 35.5. The summed E-state index contributed by atoms with van der Waals surface area (Å²) in [6.07, 6.45) is -0.0530. The number of aryl methyl sites for hydroxylation is 1. The molecule has 4 rings (SSSR count). The van der Waals surface area contributed by atoms with Gasteiger partial charge in [0.15, 0.2) is 0 Å². The monoisotopic (exact) mass is 500 g/mol. The Labute approximate surface area is 206 Å². The van der Waals surface area contributed by atoms with Crippen LogP contribution in [0.1, 0.15) is 36.6 Å². The van der Waals surface area contributed by atoms with Gasteiger partial charge in [-0.15, -0.1) is 0 Å². The second-order valence-corrected chi connectivity index (χ2v) is 11.2. The molecule has 1 aliphatic rings. The molecule has 3 aromatic rings. The minimum atomic E-state index is -3.64. The van der Waals surface area contributed by atoms with Crippen LogP contribution in [0.5, 0.6) is 5.75 Å². The van der Waals surface area contributed by atoms with Gasteiger partial charge in [0.2, 0.25) is 0 Å². The fourth-order valence-corrected chi connectivity index (χ4v) is 5.27. The number of nitrogens with one attached hydrogen (secondary N) is 2. The Morgan fingerprint density at radius 1 is 1.03 bits per heavy atom. The molecule has 0 aromatic heterocycles. The molecule has 0 radical (unpaired) electrons. The van der Waals surface area contributed by atoms with Crippen LogP contribution in [0.2, 0.25) is 5.02 Å².